The van der Waals surface area contributed by atoms with E-state index in [1.165, 1.54) is 25.1 Å². The molecule has 0 spiro atoms. The summed E-state index contributed by atoms with van der Waals surface area (Å²) in [6.45, 7) is 3.10. The van der Waals surface area contributed by atoms with Crippen LogP contribution in [0.2, 0.25) is 0 Å². The fraction of sp³-hybridized carbons (Fsp3) is 0.222. The van der Waals surface area contributed by atoms with Gasteiger partial charge < -0.3 is 15.7 Å². The van der Waals surface area contributed by atoms with Crippen LogP contribution in [0.5, 0.6) is 0 Å². The molecule has 3 N–H and O–H groups in total. The Bertz CT molecular complexity index is 1620. The van der Waals surface area contributed by atoms with Gasteiger partial charge in [0.15, 0.2) is 17.2 Å². The minimum atomic E-state index is -0.954. The van der Waals surface area contributed by atoms with E-state index in [2.05, 4.69) is 20.7 Å². The molecule has 1 aliphatic rings. The minimum absolute atomic E-state index is 0.0589. The lowest BCUT2D eigenvalue weighted by Gasteiger charge is -2.18. The van der Waals surface area contributed by atoms with Crippen molar-refractivity contribution in [2.45, 2.75) is 39.0 Å². The van der Waals surface area contributed by atoms with Crippen molar-refractivity contribution in [3.63, 3.8) is 0 Å². The molecule has 2 amide bonds. The summed E-state index contributed by atoms with van der Waals surface area (Å²) in [7, 11) is 0. The Kier molecular flexibility index (Phi) is 6.45. The Labute approximate surface area is 215 Å². The summed E-state index contributed by atoms with van der Waals surface area (Å²) >= 11 is 0. The van der Waals surface area contributed by atoms with Gasteiger partial charge in [-0.1, -0.05) is 24.3 Å². The molecule has 0 bridgehead atoms. The SMILES string of the molecule is CC(=O)c1ccc2c(c1)C[C@H](O)[C@@H]2NC(=O)c1cc(C(=O)NCc2ccc(F)c(C)c2)nc2c(F)cnn12. The molecule has 2 heterocycles. The summed E-state index contributed by atoms with van der Waals surface area (Å²) in [6.07, 6.45) is 0.162. The standard InChI is InChI=1S/C27H23F2N5O4/c1-13-7-15(3-6-19(13)28)11-30-26(37)21-10-22(34-25(32-21)20(29)12-31-34)27(38)33-24-18-5-4-16(14(2)35)8-17(18)9-23(24)36/h3-8,10,12,23-24,36H,9,11H2,1-2H3,(H,30,37)(H,33,38)/t23-,24+/m0/s1. The van der Waals surface area contributed by atoms with Crippen LogP contribution < -0.4 is 10.6 Å². The van der Waals surface area contributed by atoms with E-state index in [0.29, 0.717) is 22.3 Å². The highest BCUT2D eigenvalue weighted by atomic mass is 19.1. The first-order chi connectivity index (χ1) is 18.1. The maximum Gasteiger partial charge on any atom is 0.270 e. The maximum atomic E-state index is 14.4. The molecular formula is C27H23F2N5O4. The second kappa shape index (κ2) is 9.75. The molecule has 2 aromatic heterocycles. The van der Waals surface area contributed by atoms with Crippen LogP contribution in [0.4, 0.5) is 8.78 Å². The van der Waals surface area contributed by atoms with Gasteiger partial charge in [-0.3, -0.25) is 14.4 Å². The third kappa shape index (κ3) is 4.63. The van der Waals surface area contributed by atoms with Gasteiger partial charge in [0.25, 0.3) is 11.8 Å². The number of hydrogen-bond donors (Lipinski definition) is 3. The number of amides is 2. The first kappa shape index (κ1) is 25.2. The number of ketones is 1. The predicted molar refractivity (Wildman–Crippen MR) is 132 cm³/mol. The van der Waals surface area contributed by atoms with Crippen LogP contribution in [0.1, 0.15) is 66.6 Å². The predicted octanol–water partition coefficient (Wildman–Crippen LogP) is 2.84. The number of hydrogen-bond acceptors (Lipinski definition) is 6. The van der Waals surface area contributed by atoms with Crippen LogP contribution in [-0.4, -0.2) is 43.4 Å². The summed E-state index contributed by atoms with van der Waals surface area (Å²) in [6, 6.07) is 9.79. The molecular weight excluding hydrogens is 496 g/mol. The van der Waals surface area contributed by atoms with Gasteiger partial charge in [0.1, 0.15) is 17.2 Å². The van der Waals surface area contributed by atoms with E-state index in [4.69, 9.17) is 0 Å². The van der Waals surface area contributed by atoms with Gasteiger partial charge in [0.05, 0.1) is 18.3 Å². The van der Waals surface area contributed by atoms with E-state index in [0.717, 1.165) is 16.3 Å². The van der Waals surface area contributed by atoms with Crippen molar-refractivity contribution in [3.05, 3.63) is 99.5 Å². The average molecular weight is 520 g/mol. The van der Waals surface area contributed by atoms with Gasteiger partial charge in [-0.25, -0.2) is 18.3 Å². The summed E-state index contributed by atoms with van der Waals surface area (Å²) in [4.78, 5) is 41.9. The number of aliphatic hydroxyl groups excluding tert-OH is 1. The van der Waals surface area contributed by atoms with E-state index in [-0.39, 0.29) is 41.6 Å². The lowest BCUT2D eigenvalue weighted by molar-refractivity contribution is 0.0850. The highest BCUT2D eigenvalue weighted by Gasteiger charge is 2.33. The lowest BCUT2D eigenvalue weighted by atomic mass is 10.0. The highest BCUT2D eigenvalue weighted by Crippen LogP contribution is 2.32. The zero-order valence-electron chi connectivity index (χ0n) is 20.5. The number of aromatic nitrogens is 3. The fourth-order valence-corrected chi connectivity index (χ4v) is 4.55. The smallest absolute Gasteiger partial charge is 0.270 e. The van der Waals surface area contributed by atoms with Gasteiger partial charge in [-0.2, -0.15) is 5.10 Å². The van der Waals surface area contributed by atoms with Crippen molar-refractivity contribution in [2.75, 3.05) is 0 Å². The first-order valence-electron chi connectivity index (χ1n) is 11.8. The highest BCUT2D eigenvalue weighted by molar-refractivity contribution is 5.98. The third-order valence-electron chi connectivity index (χ3n) is 6.55. The Morgan fingerprint density at radius 2 is 1.87 bits per heavy atom. The minimum Gasteiger partial charge on any atom is -0.390 e. The van der Waals surface area contributed by atoms with E-state index in [9.17, 15) is 28.3 Å². The number of aryl methyl sites for hydroxylation is 1. The third-order valence-corrected chi connectivity index (χ3v) is 6.55. The molecule has 0 aliphatic heterocycles. The number of fused-ring (bicyclic) bond motifs is 2. The Hall–Kier alpha value is -4.51. The van der Waals surface area contributed by atoms with Crippen LogP contribution in [0.3, 0.4) is 0 Å². The number of nitrogens with one attached hydrogen (secondary N) is 2. The maximum absolute atomic E-state index is 14.4. The van der Waals surface area contributed by atoms with Crippen molar-refractivity contribution in [3.8, 4) is 0 Å². The second-order valence-corrected chi connectivity index (χ2v) is 9.21. The van der Waals surface area contributed by atoms with E-state index in [1.807, 2.05) is 0 Å². The van der Waals surface area contributed by atoms with Crippen molar-refractivity contribution < 1.29 is 28.3 Å². The number of nitrogens with zero attached hydrogens (tertiary/aromatic N) is 3. The molecule has 0 unspecified atom stereocenters. The molecule has 0 saturated heterocycles. The largest absolute Gasteiger partial charge is 0.390 e. The molecule has 1 aliphatic carbocycles. The van der Waals surface area contributed by atoms with E-state index < -0.39 is 29.8 Å². The van der Waals surface area contributed by atoms with Crippen molar-refractivity contribution in [2.24, 2.45) is 0 Å². The normalized spacial score (nSPS) is 16.3. The molecule has 194 valence electrons. The molecule has 4 aromatic rings. The van der Waals surface area contributed by atoms with Gasteiger partial charge in [-0.15, -0.1) is 0 Å². The fourth-order valence-electron chi connectivity index (χ4n) is 4.55. The summed E-state index contributed by atoms with van der Waals surface area (Å²) in [5, 5.41) is 19.9. The molecule has 9 nitrogen and oxygen atoms in total. The molecule has 5 rings (SSSR count). The van der Waals surface area contributed by atoms with Crippen LogP contribution in [0.15, 0.2) is 48.7 Å². The summed E-state index contributed by atoms with van der Waals surface area (Å²) < 4.78 is 28.9. The number of rotatable bonds is 6. The zero-order valence-corrected chi connectivity index (χ0v) is 20.5. The van der Waals surface area contributed by atoms with Gasteiger partial charge in [-0.05, 0) is 48.2 Å². The van der Waals surface area contributed by atoms with Crippen LogP contribution in [0.25, 0.3) is 5.65 Å². The average Bonchev–Trinajstić information content (AvgIpc) is 3.42. The molecule has 11 heteroatoms. The molecule has 38 heavy (non-hydrogen) atoms. The number of carbonyl (C=O) groups excluding carboxylic acids is 3. The molecule has 2 aromatic carbocycles. The summed E-state index contributed by atoms with van der Waals surface area (Å²) in [5.74, 6) is -2.70. The quantitative estimate of drug-likeness (QED) is 0.337. The first-order valence-corrected chi connectivity index (χ1v) is 11.8. The Morgan fingerprint density at radius 3 is 2.61 bits per heavy atom. The second-order valence-electron chi connectivity index (χ2n) is 9.21. The number of carbonyl (C=O) groups is 3. The molecule has 0 saturated carbocycles. The topological polar surface area (TPSA) is 126 Å². The van der Waals surface area contributed by atoms with Crippen molar-refractivity contribution in [1.82, 2.24) is 25.2 Å². The van der Waals surface area contributed by atoms with Gasteiger partial charge >= 0.3 is 0 Å². The zero-order chi connectivity index (χ0) is 27.1. The van der Waals surface area contributed by atoms with Gasteiger partial charge in [0, 0.05) is 24.6 Å². The molecule has 0 radical (unpaired) electrons. The van der Waals surface area contributed by atoms with Crippen LogP contribution in [-0.2, 0) is 13.0 Å². The van der Waals surface area contributed by atoms with Crippen LogP contribution >= 0.6 is 0 Å². The van der Waals surface area contributed by atoms with Crippen LogP contribution in [0, 0.1) is 18.6 Å². The lowest BCUT2D eigenvalue weighted by Crippen LogP contribution is -2.35. The monoisotopic (exact) mass is 519 g/mol. The number of Topliss-reactive ketones (excluding diaryl/α,β-unsaturated/α-hetero) is 1. The van der Waals surface area contributed by atoms with E-state index >= 15 is 0 Å². The molecule has 2 atom stereocenters. The summed E-state index contributed by atoms with van der Waals surface area (Å²) in [5.41, 5.74) is 2.24. The Balaban J connectivity index is 1.41. The van der Waals surface area contributed by atoms with Crippen molar-refractivity contribution in [1.29, 1.82) is 0 Å². The molecule has 0 fully saturated rings. The van der Waals surface area contributed by atoms with Crippen molar-refractivity contribution >= 4 is 23.2 Å². The number of benzene rings is 2. The Morgan fingerprint density at radius 1 is 1.08 bits per heavy atom. The van der Waals surface area contributed by atoms with E-state index in [1.54, 1.807) is 31.2 Å². The van der Waals surface area contributed by atoms with Gasteiger partial charge in [0.2, 0.25) is 0 Å². The number of aliphatic hydroxyl groups is 1. The number of halogens is 2.